The smallest absolute Gasteiger partial charge is 0.250 e. The molecule has 1 aliphatic rings. The van der Waals surface area contributed by atoms with Gasteiger partial charge in [-0.3, -0.25) is 14.5 Å². The Morgan fingerprint density at radius 2 is 2.07 bits per heavy atom. The van der Waals surface area contributed by atoms with Gasteiger partial charge in [0.25, 0.3) is 0 Å². The molecule has 10 heteroatoms. The monoisotopic (exact) mass is 412 g/mol. The maximum atomic E-state index is 13.4. The quantitative estimate of drug-likeness (QED) is 0.642. The summed E-state index contributed by atoms with van der Waals surface area (Å²) in [5, 5.41) is 14.6. The highest BCUT2D eigenvalue weighted by Crippen LogP contribution is 2.38. The van der Waals surface area contributed by atoms with Crippen LogP contribution in [0, 0.1) is 0 Å². The van der Waals surface area contributed by atoms with E-state index >= 15 is 0 Å². The summed E-state index contributed by atoms with van der Waals surface area (Å²) < 4.78 is 6.92. The molecule has 1 atom stereocenters. The highest BCUT2D eigenvalue weighted by atomic mass is 32.2. The molecule has 0 aliphatic carbocycles. The van der Waals surface area contributed by atoms with Crippen molar-refractivity contribution in [2.45, 2.75) is 43.3 Å². The summed E-state index contributed by atoms with van der Waals surface area (Å²) in [5.74, 6) is 0.278. The van der Waals surface area contributed by atoms with Crippen LogP contribution in [-0.4, -0.2) is 42.8 Å². The second kappa shape index (κ2) is 7.36. The van der Waals surface area contributed by atoms with Crippen molar-refractivity contribution < 1.29 is 14.0 Å². The fraction of sp³-hybridized carbons (Fsp3) is 0.316. The number of carbonyl (C=O) groups excluding carboxylic acids is 2. The molecule has 3 heterocycles. The van der Waals surface area contributed by atoms with E-state index in [-0.39, 0.29) is 11.8 Å². The SMILES string of the molecule is CC(Sc1nnnn1Cc1ccco1)C(=O)N1c2ccccc2NC(=O)C1(C)C. The number of para-hydroxylation sites is 2. The number of nitrogens with zero attached hydrogens (tertiary/aromatic N) is 5. The number of anilines is 2. The normalized spacial score (nSPS) is 16.2. The Bertz CT molecular complexity index is 1050. The van der Waals surface area contributed by atoms with Gasteiger partial charge < -0.3 is 9.73 Å². The summed E-state index contributed by atoms with van der Waals surface area (Å²) in [6.45, 7) is 5.61. The van der Waals surface area contributed by atoms with Crippen LogP contribution in [0.3, 0.4) is 0 Å². The number of thioether (sulfide) groups is 1. The lowest BCUT2D eigenvalue weighted by Gasteiger charge is -2.42. The molecule has 0 saturated carbocycles. The molecule has 0 spiro atoms. The molecule has 29 heavy (non-hydrogen) atoms. The third-order valence-electron chi connectivity index (χ3n) is 4.74. The molecule has 1 aliphatic heterocycles. The molecule has 4 rings (SSSR count). The highest BCUT2D eigenvalue weighted by Gasteiger charge is 2.45. The number of carbonyl (C=O) groups is 2. The Balaban J connectivity index is 1.58. The van der Waals surface area contributed by atoms with Crippen molar-refractivity contribution in [3.8, 4) is 0 Å². The standard InChI is InChI=1S/C19H20N6O3S/c1-12(29-18-21-22-23-24(18)11-13-7-6-10-28-13)16(26)25-15-9-5-4-8-14(15)20-17(27)19(25,2)3/h4-10,12H,11H2,1-3H3,(H,20,27). The largest absolute Gasteiger partial charge is 0.467 e. The van der Waals surface area contributed by atoms with Gasteiger partial charge in [-0.25, -0.2) is 4.68 Å². The van der Waals surface area contributed by atoms with Gasteiger partial charge in [-0.2, -0.15) is 0 Å². The molecule has 0 bridgehead atoms. The second-order valence-electron chi connectivity index (χ2n) is 7.16. The lowest BCUT2D eigenvalue weighted by molar-refractivity contribution is -0.126. The highest BCUT2D eigenvalue weighted by molar-refractivity contribution is 8.00. The van der Waals surface area contributed by atoms with E-state index < -0.39 is 10.8 Å². The number of aromatic nitrogens is 4. The van der Waals surface area contributed by atoms with Crippen LogP contribution in [0.25, 0.3) is 0 Å². The number of furan rings is 1. The van der Waals surface area contributed by atoms with Crippen LogP contribution in [-0.2, 0) is 16.1 Å². The predicted molar refractivity (Wildman–Crippen MR) is 108 cm³/mol. The minimum absolute atomic E-state index is 0.199. The maximum absolute atomic E-state index is 13.4. The van der Waals surface area contributed by atoms with E-state index in [9.17, 15) is 9.59 Å². The summed E-state index contributed by atoms with van der Waals surface area (Å²) in [6, 6.07) is 10.9. The van der Waals surface area contributed by atoms with Gasteiger partial charge in [-0.15, -0.1) is 5.10 Å². The van der Waals surface area contributed by atoms with Crippen LogP contribution >= 0.6 is 11.8 Å². The van der Waals surface area contributed by atoms with E-state index in [0.717, 1.165) is 0 Å². The summed E-state index contributed by atoms with van der Waals surface area (Å²) in [7, 11) is 0. The van der Waals surface area contributed by atoms with Gasteiger partial charge >= 0.3 is 0 Å². The fourth-order valence-corrected chi connectivity index (χ4v) is 4.00. The van der Waals surface area contributed by atoms with Crippen molar-refractivity contribution in [1.82, 2.24) is 20.2 Å². The zero-order chi connectivity index (χ0) is 20.6. The summed E-state index contributed by atoms with van der Waals surface area (Å²) in [4.78, 5) is 27.6. The molecule has 1 unspecified atom stereocenters. The van der Waals surface area contributed by atoms with Gasteiger partial charge in [0.2, 0.25) is 17.0 Å². The van der Waals surface area contributed by atoms with Crippen LogP contribution < -0.4 is 10.2 Å². The van der Waals surface area contributed by atoms with Crippen LogP contribution in [0.4, 0.5) is 11.4 Å². The summed E-state index contributed by atoms with van der Waals surface area (Å²) in [6.07, 6.45) is 1.58. The molecular weight excluding hydrogens is 392 g/mol. The Morgan fingerprint density at radius 1 is 1.28 bits per heavy atom. The number of tetrazole rings is 1. The first-order valence-electron chi connectivity index (χ1n) is 9.07. The molecule has 0 fully saturated rings. The zero-order valence-corrected chi connectivity index (χ0v) is 17.0. The van der Waals surface area contributed by atoms with E-state index in [0.29, 0.717) is 28.8 Å². The lowest BCUT2D eigenvalue weighted by atomic mass is 9.96. The summed E-state index contributed by atoms with van der Waals surface area (Å²) >= 11 is 1.24. The minimum Gasteiger partial charge on any atom is -0.467 e. The van der Waals surface area contributed by atoms with E-state index in [4.69, 9.17) is 4.42 Å². The average molecular weight is 412 g/mol. The topological polar surface area (TPSA) is 106 Å². The fourth-order valence-electron chi connectivity index (χ4n) is 3.17. The number of amides is 2. The number of benzene rings is 1. The summed E-state index contributed by atoms with van der Waals surface area (Å²) in [5.41, 5.74) is 0.259. The van der Waals surface area contributed by atoms with Gasteiger partial charge in [0.1, 0.15) is 17.8 Å². The molecule has 0 saturated heterocycles. The van der Waals surface area contributed by atoms with Crippen molar-refractivity contribution in [2.24, 2.45) is 0 Å². The molecule has 2 aromatic heterocycles. The van der Waals surface area contributed by atoms with Gasteiger partial charge in [-0.1, -0.05) is 23.9 Å². The zero-order valence-electron chi connectivity index (χ0n) is 16.2. The average Bonchev–Trinajstić information content (AvgIpc) is 3.35. The van der Waals surface area contributed by atoms with Crippen molar-refractivity contribution in [2.75, 3.05) is 10.2 Å². The Morgan fingerprint density at radius 3 is 2.83 bits per heavy atom. The maximum Gasteiger partial charge on any atom is 0.250 e. The lowest BCUT2D eigenvalue weighted by Crippen LogP contribution is -2.60. The number of hydrogen-bond acceptors (Lipinski definition) is 7. The van der Waals surface area contributed by atoms with Crippen molar-refractivity contribution in [3.05, 3.63) is 48.4 Å². The molecule has 150 valence electrons. The first-order valence-corrected chi connectivity index (χ1v) is 9.95. The van der Waals surface area contributed by atoms with Gasteiger partial charge in [-0.05, 0) is 55.5 Å². The third-order valence-corrected chi connectivity index (χ3v) is 5.80. The van der Waals surface area contributed by atoms with Crippen LogP contribution in [0.2, 0.25) is 0 Å². The third kappa shape index (κ3) is 3.51. The molecule has 3 aromatic rings. The molecule has 1 aromatic carbocycles. The first kappa shape index (κ1) is 19.2. The Labute approximate surface area is 171 Å². The number of rotatable bonds is 5. The van der Waals surface area contributed by atoms with Crippen molar-refractivity contribution in [1.29, 1.82) is 0 Å². The van der Waals surface area contributed by atoms with Crippen molar-refractivity contribution >= 4 is 35.0 Å². The molecule has 2 amide bonds. The van der Waals surface area contributed by atoms with Crippen LogP contribution in [0.15, 0.2) is 52.2 Å². The predicted octanol–water partition coefficient (Wildman–Crippen LogP) is 2.56. The van der Waals surface area contributed by atoms with E-state index in [1.807, 2.05) is 24.3 Å². The van der Waals surface area contributed by atoms with E-state index in [1.54, 1.807) is 48.7 Å². The number of nitrogens with one attached hydrogen (secondary N) is 1. The van der Waals surface area contributed by atoms with Crippen LogP contribution in [0.1, 0.15) is 26.5 Å². The van der Waals surface area contributed by atoms with E-state index in [2.05, 4.69) is 20.8 Å². The molecule has 9 nitrogen and oxygen atoms in total. The second-order valence-corrected chi connectivity index (χ2v) is 8.47. The van der Waals surface area contributed by atoms with E-state index in [1.165, 1.54) is 11.8 Å². The minimum atomic E-state index is -1.03. The van der Waals surface area contributed by atoms with Gasteiger partial charge in [0.15, 0.2) is 0 Å². The molecular formula is C19H20N6O3S. The Hall–Kier alpha value is -3.14. The number of hydrogen-bond donors (Lipinski definition) is 1. The first-order chi connectivity index (χ1) is 13.9. The molecule has 0 radical (unpaired) electrons. The Kier molecular flexibility index (Phi) is 4.87. The number of fused-ring (bicyclic) bond motifs is 1. The van der Waals surface area contributed by atoms with Crippen molar-refractivity contribution in [3.63, 3.8) is 0 Å². The molecule has 1 N–H and O–H groups in total. The van der Waals surface area contributed by atoms with Crippen LogP contribution in [0.5, 0.6) is 0 Å². The van der Waals surface area contributed by atoms with Gasteiger partial charge in [0.05, 0.1) is 22.9 Å². The van der Waals surface area contributed by atoms with Gasteiger partial charge in [0, 0.05) is 0 Å².